The average molecular weight is 242 g/mol. The maximum absolute atomic E-state index is 5.87. The summed E-state index contributed by atoms with van der Waals surface area (Å²) in [5.74, 6) is 1.15. The molecule has 1 rings (SSSR count). The van der Waals surface area contributed by atoms with E-state index in [9.17, 15) is 0 Å². The third kappa shape index (κ3) is 3.67. The molecule has 90 valence electrons. The summed E-state index contributed by atoms with van der Waals surface area (Å²) in [7, 11) is 0. The third-order valence-corrected chi connectivity index (χ3v) is 2.45. The second-order valence-electron chi connectivity index (χ2n) is 5.25. The highest BCUT2D eigenvalue weighted by molar-refractivity contribution is 6.17. The van der Waals surface area contributed by atoms with Crippen LogP contribution in [0.5, 0.6) is 5.88 Å². The molecular formula is C13H20ClNO. The minimum Gasteiger partial charge on any atom is -0.475 e. The summed E-state index contributed by atoms with van der Waals surface area (Å²) >= 11 is 5.87. The highest BCUT2D eigenvalue weighted by Crippen LogP contribution is 2.25. The van der Waals surface area contributed by atoms with E-state index in [-0.39, 0.29) is 11.5 Å². The first kappa shape index (κ1) is 13.3. The van der Waals surface area contributed by atoms with Crippen LogP contribution < -0.4 is 4.74 Å². The molecule has 0 aliphatic carbocycles. The highest BCUT2D eigenvalue weighted by atomic mass is 35.5. The van der Waals surface area contributed by atoms with Crippen LogP contribution in [0.3, 0.4) is 0 Å². The normalized spacial score (nSPS) is 11.9. The van der Waals surface area contributed by atoms with Crippen molar-refractivity contribution in [2.45, 2.75) is 52.0 Å². The van der Waals surface area contributed by atoms with Crippen LogP contribution in [0.2, 0.25) is 0 Å². The molecule has 0 saturated carbocycles. The van der Waals surface area contributed by atoms with Crippen molar-refractivity contribution in [3.63, 3.8) is 0 Å². The summed E-state index contributed by atoms with van der Waals surface area (Å²) in [6, 6.07) is 3.95. The van der Waals surface area contributed by atoms with Crippen molar-refractivity contribution < 1.29 is 4.74 Å². The molecule has 3 heteroatoms. The van der Waals surface area contributed by atoms with Gasteiger partial charge in [-0.2, -0.15) is 0 Å². The van der Waals surface area contributed by atoms with Crippen molar-refractivity contribution in [3.05, 3.63) is 23.4 Å². The average Bonchev–Trinajstić information content (AvgIpc) is 2.14. The molecule has 0 aromatic carbocycles. The Morgan fingerprint density at radius 2 is 1.94 bits per heavy atom. The monoisotopic (exact) mass is 241 g/mol. The van der Waals surface area contributed by atoms with Crippen LogP contribution in [0.4, 0.5) is 0 Å². The standard InChI is InChI=1S/C13H20ClNO/c1-9(2)16-12-7-10(8-14)6-11(15-12)13(3,4)5/h6-7,9H,8H2,1-5H3. The molecule has 1 heterocycles. The van der Waals surface area contributed by atoms with Crippen LogP contribution in [0.25, 0.3) is 0 Å². The van der Waals surface area contributed by atoms with Crippen molar-refractivity contribution >= 4 is 11.6 Å². The number of nitrogens with zero attached hydrogens (tertiary/aromatic N) is 1. The Kier molecular flexibility index (Phi) is 4.20. The Morgan fingerprint density at radius 3 is 2.38 bits per heavy atom. The third-order valence-electron chi connectivity index (χ3n) is 2.14. The van der Waals surface area contributed by atoms with E-state index in [1.54, 1.807) is 0 Å². The molecule has 2 nitrogen and oxygen atoms in total. The van der Waals surface area contributed by atoms with Gasteiger partial charge in [0, 0.05) is 17.4 Å². The Morgan fingerprint density at radius 1 is 1.31 bits per heavy atom. The van der Waals surface area contributed by atoms with Gasteiger partial charge in [-0.25, -0.2) is 4.98 Å². The Balaban J connectivity index is 3.11. The quantitative estimate of drug-likeness (QED) is 0.749. The molecule has 0 unspecified atom stereocenters. The number of ether oxygens (including phenoxy) is 1. The van der Waals surface area contributed by atoms with Gasteiger partial charge in [-0.15, -0.1) is 11.6 Å². The van der Waals surface area contributed by atoms with Crippen LogP contribution in [-0.2, 0) is 11.3 Å². The molecule has 0 bridgehead atoms. The predicted molar refractivity (Wildman–Crippen MR) is 68.3 cm³/mol. The van der Waals surface area contributed by atoms with Gasteiger partial charge in [-0.05, 0) is 25.5 Å². The summed E-state index contributed by atoms with van der Waals surface area (Å²) in [5, 5.41) is 0. The zero-order chi connectivity index (χ0) is 12.3. The molecule has 0 atom stereocenters. The highest BCUT2D eigenvalue weighted by Gasteiger charge is 2.17. The van der Waals surface area contributed by atoms with E-state index >= 15 is 0 Å². The van der Waals surface area contributed by atoms with Crippen molar-refractivity contribution in [2.24, 2.45) is 0 Å². The lowest BCUT2D eigenvalue weighted by Crippen LogP contribution is -2.16. The van der Waals surface area contributed by atoms with Crippen molar-refractivity contribution in [2.75, 3.05) is 0 Å². The fraction of sp³-hybridized carbons (Fsp3) is 0.615. The molecule has 1 aromatic heterocycles. The van der Waals surface area contributed by atoms with Gasteiger partial charge >= 0.3 is 0 Å². The van der Waals surface area contributed by atoms with Gasteiger partial charge in [-0.3, -0.25) is 0 Å². The smallest absolute Gasteiger partial charge is 0.214 e. The lowest BCUT2D eigenvalue weighted by molar-refractivity contribution is 0.231. The molecule has 0 fully saturated rings. The zero-order valence-electron chi connectivity index (χ0n) is 10.7. The van der Waals surface area contributed by atoms with E-state index < -0.39 is 0 Å². The number of aromatic nitrogens is 1. The maximum atomic E-state index is 5.87. The van der Waals surface area contributed by atoms with Gasteiger partial charge < -0.3 is 4.74 Å². The Bertz CT molecular complexity index is 355. The van der Waals surface area contributed by atoms with Crippen LogP contribution in [0.15, 0.2) is 12.1 Å². The first-order chi connectivity index (χ1) is 7.32. The van der Waals surface area contributed by atoms with Gasteiger partial charge in [0.15, 0.2) is 0 Å². The molecule has 0 spiro atoms. The second-order valence-corrected chi connectivity index (χ2v) is 5.52. The largest absolute Gasteiger partial charge is 0.475 e. The first-order valence-corrected chi connectivity index (χ1v) is 6.10. The van der Waals surface area contributed by atoms with Gasteiger partial charge in [0.2, 0.25) is 5.88 Å². The van der Waals surface area contributed by atoms with Crippen molar-refractivity contribution in [1.29, 1.82) is 0 Å². The van der Waals surface area contributed by atoms with Gasteiger partial charge in [0.05, 0.1) is 11.8 Å². The fourth-order valence-corrected chi connectivity index (χ4v) is 1.48. The molecule has 0 aliphatic rings. The molecular weight excluding hydrogens is 222 g/mol. The molecule has 0 amide bonds. The van der Waals surface area contributed by atoms with E-state index in [0.29, 0.717) is 11.8 Å². The lowest BCUT2D eigenvalue weighted by Gasteiger charge is -2.20. The number of pyridine rings is 1. The van der Waals surface area contributed by atoms with Crippen LogP contribution >= 0.6 is 11.6 Å². The van der Waals surface area contributed by atoms with E-state index in [4.69, 9.17) is 16.3 Å². The topological polar surface area (TPSA) is 22.1 Å². The predicted octanol–water partition coefficient (Wildman–Crippen LogP) is 3.91. The molecule has 0 N–H and O–H groups in total. The number of rotatable bonds is 3. The molecule has 0 radical (unpaired) electrons. The van der Waals surface area contributed by atoms with E-state index in [2.05, 4.69) is 25.8 Å². The Hall–Kier alpha value is -0.760. The van der Waals surface area contributed by atoms with Crippen LogP contribution in [-0.4, -0.2) is 11.1 Å². The number of hydrogen-bond donors (Lipinski definition) is 0. The number of halogens is 1. The Labute approximate surface area is 103 Å². The fourth-order valence-electron chi connectivity index (χ4n) is 1.32. The maximum Gasteiger partial charge on any atom is 0.214 e. The van der Waals surface area contributed by atoms with E-state index in [1.165, 1.54) is 0 Å². The molecule has 0 saturated heterocycles. The summed E-state index contributed by atoms with van der Waals surface area (Å²) in [6.07, 6.45) is 0.130. The summed E-state index contributed by atoms with van der Waals surface area (Å²) in [4.78, 5) is 4.51. The second kappa shape index (κ2) is 5.05. The molecule has 16 heavy (non-hydrogen) atoms. The van der Waals surface area contributed by atoms with Crippen molar-refractivity contribution in [3.8, 4) is 5.88 Å². The van der Waals surface area contributed by atoms with Gasteiger partial charge in [0.1, 0.15) is 0 Å². The minimum absolute atomic E-state index is 0.0111. The number of hydrogen-bond acceptors (Lipinski definition) is 2. The first-order valence-electron chi connectivity index (χ1n) is 5.57. The molecule has 0 aliphatic heterocycles. The summed E-state index contributed by atoms with van der Waals surface area (Å²) in [6.45, 7) is 10.4. The van der Waals surface area contributed by atoms with E-state index in [0.717, 1.165) is 11.3 Å². The van der Waals surface area contributed by atoms with Gasteiger partial charge in [-0.1, -0.05) is 20.8 Å². The summed E-state index contributed by atoms with van der Waals surface area (Å²) in [5.41, 5.74) is 2.08. The lowest BCUT2D eigenvalue weighted by atomic mass is 9.91. The molecule has 1 aromatic rings. The zero-order valence-corrected chi connectivity index (χ0v) is 11.4. The minimum atomic E-state index is 0.0111. The summed E-state index contributed by atoms with van der Waals surface area (Å²) < 4.78 is 5.62. The van der Waals surface area contributed by atoms with Gasteiger partial charge in [0.25, 0.3) is 0 Å². The number of alkyl halides is 1. The van der Waals surface area contributed by atoms with Crippen LogP contribution in [0.1, 0.15) is 45.9 Å². The van der Waals surface area contributed by atoms with Crippen molar-refractivity contribution in [1.82, 2.24) is 4.98 Å². The van der Waals surface area contributed by atoms with E-state index in [1.807, 2.05) is 26.0 Å². The van der Waals surface area contributed by atoms with Crippen LogP contribution in [0, 0.1) is 0 Å². The SMILES string of the molecule is CC(C)Oc1cc(CCl)cc(C(C)(C)C)n1.